The summed E-state index contributed by atoms with van der Waals surface area (Å²) < 4.78 is 26.0. The van der Waals surface area contributed by atoms with E-state index in [1.54, 1.807) is 18.3 Å². The summed E-state index contributed by atoms with van der Waals surface area (Å²) in [6.07, 6.45) is 9.60. The van der Waals surface area contributed by atoms with Crippen LogP contribution >= 0.6 is 0 Å². The molecule has 0 aliphatic carbocycles. The number of unbranched alkanes of at least 4 members (excludes halogenated alkanes) is 5. The highest BCUT2D eigenvalue weighted by Gasteiger charge is 2.09. The minimum atomic E-state index is -3.22. The quantitative estimate of drug-likeness (QED) is 0.701. The van der Waals surface area contributed by atoms with Gasteiger partial charge in [-0.3, -0.25) is 9.71 Å². The molecule has 18 heavy (non-hydrogen) atoms. The van der Waals surface area contributed by atoms with Crippen molar-refractivity contribution in [3.8, 4) is 0 Å². The Hall–Kier alpha value is -1.10. The van der Waals surface area contributed by atoms with Crippen molar-refractivity contribution in [2.75, 3.05) is 10.5 Å². The monoisotopic (exact) mass is 270 g/mol. The van der Waals surface area contributed by atoms with E-state index in [1.807, 2.05) is 0 Å². The molecular weight excluding hydrogens is 248 g/mol. The van der Waals surface area contributed by atoms with Gasteiger partial charge < -0.3 is 0 Å². The molecule has 1 aromatic rings. The van der Waals surface area contributed by atoms with Gasteiger partial charge in [0.1, 0.15) is 0 Å². The molecular formula is C13H22N2O2S. The molecule has 0 unspecified atom stereocenters. The first kappa shape index (κ1) is 15.0. The first-order valence-electron chi connectivity index (χ1n) is 6.54. The average Bonchev–Trinajstić information content (AvgIpc) is 2.34. The van der Waals surface area contributed by atoms with Crippen molar-refractivity contribution in [2.45, 2.75) is 45.4 Å². The zero-order valence-corrected chi connectivity index (χ0v) is 11.7. The summed E-state index contributed by atoms with van der Waals surface area (Å²) in [4.78, 5) is 3.87. The van der Waals surface area contributed by atoms with Crippen LogP contribution < -0.4 is 4.72 Å². The maximum atomic E-state index is 11.7. The first-order valence-corrected chi connectivity index (χ1v) is 8.20. The van der Waals surface area contributed by atoms with E-state index < -0.39 is 10.0 Å². The molecule has 0 amide bonds. The van der Waals surface area contributed by atoms with Crippen molar-refractivity contribution in [1.29, 1.82) is 0 Å². The van der Waals surface area contributed by atoms with E-state index in [0.29, 0.717) is 5.69 Å². The van der Waals surface area contributed by atoms with Crippen LogP contribution in [0.2, 0.25) is 0 Å². The van der Waals surface area contributed by atoms with Gasteiger partial charge in [-0.15, -0.1) is 0 Å². The summed E-state index contributed by atoms with van der Waals surface area (Å²) in [7, 11) is -3.22. The van der Waals surface area contributed by atoms with Crippen LogP contribution in [0, 0.1) is 0 Å². The van der Waals surface area contributed by atoms with Gasteiger partial charge in [0, 0.05) is 6.20 Å². The van der Waals surface area contributed by atoms with Crippen LogP contribution in [-0.2, 0) is 10.0 Å². The van der Waals surface area contributed by atoms with Crippen LogP contribution in [0.15, 0.2) is 24.5 Å². The molecule has 4 nitrogen and oxygen atoms in total. The van der Waals surface area contributed by atoms with E-state index >= 15 is 0 Å². The Morgan fingerprint density at radius 1 is 1.17 bits per heavy atom. The summed E-state index contributed by atoms with van der Waals surface area (Å²) in [5.41, 5.74) is 0.531. The van der Waals surface area contributed by atoms with Crippen LogP contribution in [0.4, 0.5) is 5.69 Å². The van der Waals surface area contributed by atoms with E-state index in [2.05, 4.69) is 16.6 Å². The Morgan fingerprint density at radius 2 is 1.89 bits per heavy atom. The molecule has 1 aromatic heterocycles. The molecule has 0 aliphatic rings. The number of nitrogens with zero attached hydrogens (tertiary/aromatic N) is 1. The molecule has 0 fully saturated rings. The Labute approximate surface area is 110 Å². The number of hydrogen-bond acceptors (Lipinski definition) is 3. The van der Waals surface area contributed by atoms with E-state index in [9.17, 15) is 8.42 Å². The van der Waals surface area contributed by atoms with E-state index in [1.165, 1.54) is 25.5 Å². The average molecular weight is 270 g/mol. The van der Waals surface area contributed by atoms with Gasteiger partial charge in [-0.05, 0) is 18.6 Å². The lowest BCUT2D eigenvalue weighted by Gasteiger charge is -2.07. The second kappa shape index (κ2) is 8.08. The van der Waals surface area contributed by atoms with Gasteiger partial charge in [0.25, 0.3) is 0 Å². The predicted molar refractivity (Wildman–Crippen MR) is 75.0 cm³/mol. The minimum Gasteiger partial charge on any atom is -0.282 e. The molecule has 5 heteroatoms. The molecule has 1 rings (SSSR count). The fraction of sp³-hybridized carbons (Fsp3) is 0.615. The smallest absolute Gasteiger partial charge is 0.232 e. The molecule has 0 aromatic carbocycles. The lowest BCUT2D eigenvalue weighted by molar-refractivity contribution is 0.588. The van der Waals surface area contributed by atoms with Crippen LogP contribution in [0.5, 0.6) is 0 Å². The van der Waals surface area contributed by atoms with Crippen LogP contribution in [0.1, 0.15) is 45.4 Å². The number of rotatable bonds is 9. The summed E-state index contributed by atoms with van der Waals surface area (Å²) in [5, 5.41) is 0. The van der Waals surface area contributed by atoms with E-state index in [4.69, 9.17) is 0 Å². The van der Waals surface area contributed by atoms with Crippen LogP contribution in [0.25, 0.3) is 0 Å². The third-order valence-corrected chi connectivity index (χ3v) is 4.07. The van der Waals surface area contributed by atoms with Crippen LogP contribution in [0.3, 0.4) is 0 Å². The number of sulfonamides is 1. The van der Waals surface area contributed by atoms with Gasteiger partial charge in [0.05, 0.1) is 17.6 Å². The molecule has 1 N–H and O–H groups in total. The van der Waals surface area contributed by atoms with E-state index in [-0.39, 0.29) is 5.75 Å². The zero-order valence-electron chi connectivity index (χ0n) is 10.9. The van der Waals surface area contributed by atoms with Crippen LogP contribution in [-0.4, -0.2) is 19.2 Å². The zero-order chi connectivity index (χ0) is 13.3. The standard InChI is InChI=1S/C13H22N2O2S/c1-2-3-4-5-6-7-11-18(16,17)15-13-9-8-10-14-12-13/h8-10,12,15H,2-7,11H2,1H3. The minimum absolute atomic E-state index is 0.189. The molecule has 0 atom stereocenters. The van der Waals surface area contributed by atoms with Crippen molar-refractivity contribution in [3.05, 3.63) is 24.5 Å². The van der Waals surface area contributed by atoms with Gasteiger partial charge in [0.2, 0.25) is 10.0 Å². The van der Waals surface area contributed by atoms with Gasteiger partial charge in [-0.2, -0.15) is 0 Å². The summed E-state index contributed by atoms with van der Waals surface area (Å²) in [6, 6.07) is 3.41. The number of anilines is 1. The Balaban J connectivity index is 2.24. The van der Waals surface area contributed by atoms with Crippen molar-refractivity contribution in [1.82, 2.24) is 4.98 Å². The molecule has 102 valence electrons. The van der Waals surface area contributed by atoms with Gasteiger partial charge in [-0.25, -0.2) is 8.42 Å². The predicted octanol–water partition coefficient (Wildman–Crippen LogP) is 3.18. The van der Waals surface area contributed by atoms with Gasteiger partial charge >= 0.3 is 0 Å². The SMILES string of the molecule is CCCCCCCCS(=O)(=O)Nc1cccnc1. The highest BCUT2D eigenvalue weighted by Crippen LogP contribution is 2.09. The number of pyridine rings is 1. The molecule has 0 bridgehead atoms. The third kappa shape index (κ3) is 6.59. The maximum Gasteiger partial charge on any atom is 0.232 e. The molecule has 0 aliphatic heterocycles. The summed E-state index contributed by atoms with van der Waals surface area (Å²) in [5.74, 6) is 0.189. The lowest BCUT2D eigenvalue weighted by Crippen LogP contribution is -2.16. The highest BCUT2D eigenvalue weighted by atomic mass is 32.2. The topological polar surface area (TPSA) is 59.1 Å². The highest BCUT2D eigenvalue weighted by molar-refractivity contribution is 7.92. The fourth-order valence-corrected chi connectivity index (χ4v) is 2.89. The van der Waals surface area contributed by atoms with Gasteiger partial charge in [-0.1, -0.05) is 39.0 Å². The maximum absolute atomic E-state index is 11.7. The Kier molecular flexibility index (Phi) is 6.72. The van der Waals surface area contributed by atoms with Crippen molar-refractivity contribution in [3.63, 3.8) is 0 Å². The summed E-state index contributed by atoms with van der Waals surface area (Å²) >= 11 is 0. The molecule has 0 saturated heterocycles. The van der Waals surface area contributed by atoms with Gasteiger partial charge in [0.15, 0.2) is 0 Å². The second-order valence-corrected chi connectivity index (χ2v) is 6.27. The summed E-state index contributed by atoms with van der Waals surface area (Å²) in [6.45, 7) is 2.17. The van der Waals surface area contributed by atoms with Crippen molar-refractivity contribution >= 4 is 15.7 Å². The molecule has 1 heterocycles. The lowest BCUT2D eigenvalue weighted by atomic mass is 10.1. The van der Waals surface area contributed by atoms with E-state index in [0.717, 1.165) is 19.3 Å². The third-order valence-electron chi connectivity index (χ3n) is 2.70. The Bertz CT molecular complexity index is 418. The van der Waals surface area contributed by atoms with Crippen molar-refractivity contribution < 1.29 is 8.42 Å². The fourth-order valence-electron chi connectivity index (χ4n) is 1.73. The number of aromatic nitrogens is 1. The molecule has 0 spiro atoms. The number of nitrogens with one attached hydrogen (secondary N) is 1. The molecule has 0 saturated carbocycles. The molecule has 0 radical (unpaired) electrons. The Morgan fingerprint density at radius 3 is 2.56 bits per heavy atom. The number of hydrogen-bond donors (Lipinski definition) is 1. The van der Waals surface area contributed by atoms with Crippen molar-refractivity contribution in [2.24, 2.45) is 0 Å². The second-order valence-electron chi connectivity index (χ2n) is 4.43. The largest absolute Gasteiger partial charge is 0.282 e. The first-order chi connectivity index (χ1) is 8.64. The normalized spacial score (nSPS) is 11.4.